The molecule has 0 amide bonds. The molecule has 0 aromatic rings. The van der Waals surface area contributed by atoms with Crippen LogP contribution in [0.4, 0.5) is 0 Å². The first-order valence-electron chi connectivity index (χ1n) is 8.07. The molecule has 1 fully saturated rings. The van der Waals surface area contributed by atoms with Crippen LogP contribution in [0.2, 0.25) is 0 Å². The molecule has 108 valence electrons. The summed E-state index contributed by atoms with van der Waals surface area (Å²) in [6.07, 6.45) is 13.5. The highest BCUT2D eigenvalue weighted by atomic mass is 16.7. The van der Waals surface area contributed by atoms with Gasteiger partial charge in [-0.2, -0.15) is 0 Å². The third kappa shape index (κ3) is 7.38. The van der Waals surface area contributed by atoms with Gasteiger partial charge < -0.3 is 9.47 Å². The van der Waals surface area contributed by atoms with Crippen LogP contribution in [-0.4, -0.2) is 19.5 Å². The molecular weight excluding hydrogens is 224 g/mol. The highest BCUT2D eigenvalue weighted by Crippen LogP contribution is 2.20. The molecule has 0 N–H and O–H groups in total. The normalized spacial score (nSPS) is 19.0. The van der Waals surface area contributed by atoms with Gasteiger partial charge in [-0.25, -0.2) is 0 Å². The van der Waals surface area contributed by atoms with Crippen molar-refractivity contribution in [3.8, 4) is 0 Å². The van der Waals surface area contributed by atoms with Crippen molar-refractivity contribution in [2.75, 3.05) is 13.2 Å². The lowest BCUT2D eigenvalue weighted by atomic mass is 10.0. The van der Waals surface area contributed by atoms with E-state index in [0.717, 1.165) is 19.6 Å². The maximum Gasteiger partial charge on any atom is 0.160 e. The zero-order valence-electron chi connectivity index (χ0n) is 12.5. The zero-order valence-corrected chi connectivity index (χ0v) is 12.5. The Morgan fingerprint density at radius 2 is 1.44 bits per heavy atom. The zero-order chi connectivity index (χ0) is 13.1. The Balaban J connectivity index is 1.87. The number of hydrogen-bond donors (Lipinski definition) is 0. The molecule has 0 aliphatic carbocycles. The minimum absolute atomic E-state index is 0.0725. The standard InChI is InChI=1S/C16H32O2/c1-3-4-5-6-7-8-9-10-12-15(2)16-17-13-11-14-18-16/h15-16H,3-14H2,1-2H3. The van der Waals surface area contributed by atoms with Gasteiger partial charge in [0.2, 0.25) is 0 Å². The Labute approximate surface area is 113 Å². The average Bonchev–Trinajstić information content (AvgIpc) is 2.42. The van der Waals surface area contributed by atoms with Crippen LogP contribution in [-0.2, 0) is 9.47 Å². The van der Waals surface area contributed by atoms with Crippen molar-refractivity contribution >= 4 is 0 Å². The van der Waals surface area contributed by atoms with E-state index in [1.165, 1.54) is 57.8 Å². The van der Waals surface area contributed by atoms with Crippen molar-refractivity contribution in [1.29, 1.82) is 0 Å². The van der Waals surface area contributed by atoms with Crippen LogP contribution in [0.5, 0.6) is 0 Å². The second-order valence-electron chi connectivity index (χ2n) is 5.70. The van der Waals surface area contributed by atoms with Gasteiger partial charge in [-0.15, -0.1) is 0 Å². The van der Waals surface area contributed by atoms with Crippen molar-refractivity contribution < 1.29 is 9.47 Å². The van der Waals surface area contributed by atoms with Gasteiger partial charge in [0.25, 0.3) is 0 Å². The van der Waals surface area contributed by atoms with Crippen LogP contribution in [0.1, 0.15) is 78.1 Å². The Morgan fingerprint density at radius 1 is 0.889 bits per heavy atom. The van der Waals surface area contributed by atoms with E-state index >= 15 is 0 Å². The van der Waals surface area contributed by atoms with E-state index in [-0.39, 0.29) is 6.29 Å². The van der Waals surface area contributed by atoms with Crippen LogP contribution in [0.15, 0.2) is 0 Å². The first-order valence-corrected chi connectivity index (χ1v) is 8.07. The van der Waals surface area contributed by atoms with Gasteiger partial charge in [0.15, 0.2) is 6.29 Å². The molecule has 0 saturated carbocycles. The summed E-state index contributed by atoms with van der Waals surface area (Å²) in [4.78, 5) is 0. The average molecular weight is 256 g/mol. The molecule has 1 aliphatic rings. The fraction of sp³-hybridized carbons (Fsp3) is 1.00. The number of hydrogen-bond acceptors (Lipinski definition) is 2. The first-order chi connectivity index (χ1) is 8.84. The van der Waals surface area contributed by atoms with Crippen LogP contribution in [0.25, 0.3) is 0 Å². The smallest absolute Gasteiger partial charge is 0.160 e. The molecule has 1 unspecified atom stereocenters. The second-order valence-corrected chi connectivity index (χ2v) is 5.70. The SMILES string of the molecule is CCCCCCCCCCC(C)C1OCCCO1. The lowest BCUT2D eigenvalue weighted by molar-refractivity contribution is -0.203. The number of unbranched alkanes of at least 4 members (excludes halogenated alkanes) is 7. The molecule has 0 aromatic heterocycles. The van der Waals surface area contributed by atoms with Gasteiger partial charge in [0.05, 0.1) is 13.2 Å². The summed E-state index contributed by atoms with van der Waals surface area (Å²) in [5.41, 5.74) is 0. The highest BCUT2D eigenvalue weighted by molar-refractivity contribution is 4.61. The molecule has 0 radical (unpaired) electrons. The fourth-order valence-corrected chi connectivity index (χ4v) is 2.57. The Morgan fingerprint density at radius 3 is 2.06 bits per heavy atom. The Kier molecular flexibility index (Phi) is 9.59. The third-order valence-corrected chi connectivity index (χ3v) is 3.83. The predicted octanol–water partition coefficient (Wildman–Crippen LogP) is 4.92. The van der Waals surface area contributed by atoms with Crippen LogP contribution in [0, 0.1) is 5.92 Å². The highest BCUT2D eigenvalue weighted by Gasteiger charge is 2.20. The van der Waals surface area contributed by atoms with E-state index in [9.17, 15) is 0 Å². The molecule has 1 atom stereocenters. The summed E-state index contributed by atoms with van der Waals surface area (Å²) in [7, 11) is 0. The van der Waals surface area contributed by atoms with Crippen molar-refractivity contribution in [3.63, 3.8) is 0 Å². The molecule has 18 heavy (non-hydrogen) atoms. The summed E-state index contributed by atoms with van der Waals surface area (Å²) in [5.74, 6) is 0.561. The van der Waals surface area contributed by atoms with Crippen molar-refractivity contribution in [2.45, 2.75) is 84.3 Å². The molecule has 2 nitrogen and oxygen atoms in total. The molecule has 1 saturated heterocycles. The summed E-state index contributed by atoms with van der Waals surface area (Å²) in [5, 5.41) is 0. The largest absolute Gasteiger partial charge is 0.352 e. The van der Waals surface area contributed by atoms with Crippen molar-refractivity contribution in [3.05, 3.63) is 0 Å². The Bertz CT molecular complexity index is 176. The van der Waals surface area contributed by atoms with Crippen LogP contribution in [0.3, 0.4) is 0 Å². The lowest BCUT2D eigenvalue weighted by Gasteiger charge is -2.28. The van der Waals surface area contributed by atoms with Crippen LogP contribution >= 0.6 is 0 Å². The molecular formula is C16H32O2. The molecule has 0 spiro atoms. The summed E-state index contributed by atoms with van der Waals surface area (Å²) < 4.78 is 11.3. The monoisotopic (exact) mass is 256 g/mol. The molecule has 1 heterocycles. The van der Waals surface area contributed by atoms with E-state index in [1.54, 1.807) is 0 Å². The summed E-state index contributed by atoms with van der Waals surface area (Å²) >= 11 is 0. The number of rotatable bonds is 10. The topological polar surface area (TPSA) is 18.5 Å². The molecule has 1 aliphatic heterocycles. The van der Waals surface area contributed by atoms with Crippen molar-refractivity contribution in [1.82, 2.24) is 0 Å². The van der Waals surface area contributed by atoms with Gasteiger partial charge >= 0.3 is 0 Å². The third-order valence-electron chi connectivity index (χ3n) is 3.83. The summed E-state index contributed by atoms with van der Waals surface area (Å²) in [6.45, 7) is 6.30. The van der Waals surface area contributed by atoms with Gasteiger partial charge in [0, 0.05) is 5.92 Å². The maximum atomic E-state index is 5.64. The predicted molar refractivity (Wildman–Crippen MR) is 76.7 cm³/mol. The summed E-state index contributed by atoms with van der Waals surface area (Å²) in [6, 6.07) is 0. The minimum Gasteiger partial charge on any atom is -0.352 e. The lowest BCUT2D eigenvalue weighted by Crippen LogP contribution is -2.30. The van der Waals surface area contributed by atoms with E-state index in [0.29, 0.717) is 5.92 Å². The molecule has 0 bridgehead atoms. The first kappa shape index (κ1) is 16.0. The van der Waals surface area contributed by atoms with Gasteiger partial charge in [0.1, 0.15) is 0 Å². The van der Waals surface area contributed by atoms with Gasteiger partial charge in [-0.05, 0) is 12.8 Å². The van der Waals surface area contributed by atoms with Gasteiger partial charge in [-0.1, -0.05) is 65.2 Å². The van der Waals surface area contributed by atoms with E-state index in [2.05, 4.69) is 13.8 Å². The van der Waals surface area contributed by atoms with Crippen molar-refractivity contribution in [2.24, 2.45) is 5.92 Å². The molecule has 1 rings (SSSR count). The Hall–Kier alpha value is -0.0800. The van der Waals surface area contributed by atoms with Gasteiger partial charge in [-0.3, -0.25) is 0 Å². The molecule has 2 heteroatoms. The van der Waals surface area contributed by atoms with E-state index < -0.39 is 0 Å². The second kappa shape index (κ2) is 10.8. The minimum atomic E-state index is 0.0725. The van der Waals surface area contributed by atoms with E-state index in [4.69, 9.17) is 9.47 Å². The van der Waals surface area contributed by atoms with E-state index in [1.807, 2.05) is 0 Å². The molecule has 0 aromatic carbocycles. The van der Waals surface area contributed by atoms with Crippen LogP contribution < -0.4 is 0 Å². The fourth-order valence-electron chi connectivity index (χ4n) is 2.57. The number of ether oxygens (including phenoxy) is 2. The quantitative estimate of drug-likeness (QED) is 0.517. The maximum absolute atomic E-state index is 5.64.